The fraction of sp³-hybridized carbons (Fsp3) is 0.640. The number of carbonyl (C=O) groups is 3. The lowest BCUT2D eigenvalue weighted by atomic mass is 9.81. The highest BCUT2D eigenvalue weighted by Gasteiger charge is 2.39. The van der Waals surface area contributed by atoms with E-state index >= 15 is 0 Å². The lowest BCUT2D eigenvalue weighted by Crippen LogP contribution is -2.52. The van der Waals surface area contributed by atoms with E-state index in [0.717, 1.165) is 49.6 Å². The minimum absolute atomic E-state index is 0.153. The molecule has 5 rings (SSSR count). The van der Waals surface area contributed by atoms with Gasteiger partial charge < -0.3 is 14.4 Å². The fourth-order valence-corrected chi connectivity index (χ4v) is 5.67. The van der Waals surface area contributed by atoms with Crippen molar-refractivity contribution < 1.29 is 23.9 Å². The molecule has 33 heavy (non-hydrogen) atoms. The minimum atomic E-state index is -0.591. The summed E-state index contributed by atoms with van der Waals surface area (Å²) in [5.74, 6) is 0.674. The van der Waals surface area contributed by atoms with Gasteiger partial charge in [-0.15, -0.1) is 0 Å². The highest BCUT2D eigenvalue weighted by Crippen LogP contribution is 2.33. The molecule has 0 radical (unpaired) electrons. The molecular formula is C25H33N3O5. The van der Waals surface area contributed by atoms with Gasteiger partial charge in [0.05, 0.1) is 6.10 Å². The number of nitrogens with zero attached hydrogens (tertiary/aromatic N) is 2. The quantitative estimate of drug-likeness (QED) is 0.634. The van der Waals surface area contributed by atoms with Gasteiger partial charge in [-0.3, -0.25) is 24.6 Å². The van der Waals surface area contributed by atoms with Crippen LogP contribution in [0, 0.1) is 5.92 Å². The first-order valence-electron chi connectivity index (χ1n) is 12.2. The van der Waals surface area contributed by atoms with Crippen LogP contribution in [0.4, 0.5) is 0 Å². The van der Waals surface area contributed by atoms with Gasteiger partial charge >= 0.3 is 0 Å². The maximum absolute atomic E-state index is 12.9. The zero-order valence-corrected chi connectivity index (χ0v) is 19.3. The third-order valence-electron chi connectivity index (χ3n) is 7.70. The standard InChI is InChI=1S/C25H33N3O5/c1-32-20-10-16(11-20)13-27-9-3-2-4-18(27)15-33-19-5-6-21-17(12-19)14-28(25(21)31)22-7-8-23(29)26-24(22)30/h5-6,12,16,18,20,22H,2-4,7-11,13-15H2,1H3,(H,26,29,30)/t16-,18-,20-,22?/m1/s1. The molecule has 0 bridgehead atoms. The Morgan fingerprint density at radius 2 is 1.97 bits per heavy atom. The molecule has 1 aromatic carbocycles. The minimum Gasteiger partial charge on any atom is -0.492 e. The molecule has 0 spiro atoms. The van der Waals surface area contributed by atoms with Gasteiger partial charge in [-0.2, -0.15) is 0 Å². The molecule has 1 N–H and O–H groups in total. The Morgan fingerprint density at radius 1 is 1.12 bits per heavy atom. The van der Waals surface area contributed by atoms with Crippen LogP contribution in [0.2, 0.25) is 0 Å². The number of carbonyl (C=O) groups excluding carboxylic acids is 3. The number of amides is 3. The van der Waals surface area contributed by atoms with E-state index in [1.165, 1.54) is 12.8 Å². The molecule has 0 aromatic heterocycles. The van der Waals surface area contributed by atoms with E-state index in [1.807, 2.05) is 12.1 Å². The molecule has 3 amide bonds. The maximum atomic E-state index is 12.9. The summed E-state index contributed by atoms with van der Waals surface area (Å²) in [5.41, 5.74) is 1.49. The highest BCUT2D eigenvalue weighted by atomic mass is 16.5. The van der Waals surface area contributed by atoms with E-state index in [2.05, 4.69) is 10.2 Å². The van der Waals surface area contributed by atoms with Crippen molar-refractivity contribution in [1.29, 1.82) is 0 Å². The highest BCUT2D eigenvalue weighted by molar-refractivity contribution is 6.05. The van der Waals surface area contributed by atoms with Crippen LogP contribution in [0.3, 0.4) is 0 Å². The summed E-state index contributed by atoms with van der Waals surface area (Å²) in [6.07, 6.45) is 7.00. The predicted molar refractivity (Wildman–Crippen MR) is 121 cm³/mol. The number of fused-ring (bicyclic) bond motifs is 1. The smallest absolute Gasteiger partial charge is 0.255 e. The van der Waals surface area contributed by atoms with Crippen LogP contribution in [0.5, 0.6) is 5.75 Å². The summed E-state index contributed by atoms with van der Waals surface area (Å²) in [7, 11) is 1.80. The van der Waals surface area contributed by atoms with Crippen molar-refractivity contribution >= 4 is 17.7 Å². The molecule has 3 fully saturated rings. The molecule has 2 saturated heterocycles. The number of ether oxygens (including phenoxy) is 2. The molecule has 4 aliphatic rings. The van der Waals surface area contributed by atoms with E-state index in [4.69, 9.17) is 9.47 Å². The fourth-order valence-electron chi connectivity index (χ4n) is 5.67. The normalized spacial score (nSPS) is 30.1. The molecular weight excluding hydrogens is 422 g/mol. The molecule has 1 unspecified atom stereocenters. The van der Waals surface area contributed by atoms with Gasteiger partial charge in [-0.1, -0.05) is 6.42 Å². The molecule has 1 saturated carbocycles. The summed E-state index contributed by atoms with van der Waals surface area (Å²) in [4.78, 5) is 40.7. The first-order chi connectivity index (χ1) is 16.0. The first-order valence-corrected chi connectivity index (χ1v) is 12.2. The second-order valence-electron chi connectivity index (χ2n) is 9.87. The Morgan fingerprint density at radius 3 is 2.76 bits per heavy atom. The molecule has 1 aliphatic carbocycles. The molecule has 178 valence electrons. The Kier molecular flexibility index (Phi) is 6.38. The molecule has 2 atom stereocenters. The van der Waals surface area contributed by atoms with Crippen LogP contribution in [0.1, 0.15) is 60.9 Å². The number of benzene rings is 1. The zero-order valence-electron chi connectivity index (χ0n) is 19.3. The van der Waals surface area contributed by atoms with Crippen molar-refractivity contribution in [3.63, 3.8) is 0 Å². The average molecular weight is 456 g/mol. The van der Waals surface area contributed by atoms with E-state index in [9.17, 15) is 14.4 Å². The second-order valence-corrected chi connectivity index (χ2v) is 9.87. The first kappa shape index (κ1) is 22.3. The number of hydrogen-bond donors (Lipinski definition) is 1. The number of methoxy groups -OCH3 is 1. The Labute approximate surface area is 194 Å². The van der Waals surface area contributed by atoms with Crippen LogP contribution < -0.4 is 10.1 Å². The number of likely N-dealkylation sites (tertiary alicyclic amines) is 1. The predicted octanol–water partition coefficient (Wildman–Crippen LogP) is 2.11. The van der Waals surface area contributed by atoms with Crippen molar-refractivity contribution in [3.8, 4) is 5.75 Å². The Bertz CT molecular complexity index is 929. The van der Waals surface area contributed by atoms with E-state index in [0.29, 0.717) is 37.3 Å². The third kappa shape index (κ3) is 4.64. The van der Waals surface area contributed by atoms with E-state index in [-0.39, 0.29) is 24.1 Å². The maximum Gasteiger partial charge on any atom is 0.255 e. The van der Waals surface area contributed by atoms with Gasteiger partial charge in [0.2, 0.25) is 11.8 Å². The summed E-state index contributed by atoms with van der Waals surface area (Å²) < 4.78 is 11.6. The SMILES string of the molecule is CO[C@H]1C[C@H](CN2CCCC[C@@H]2COc2ccc3c(c2)CN(C2CCC(=O)NC2=O)C3=O)C1. The summed E-state index contributed by atoms with van der Waals surface area (Å²) >= 11 is 0. The van der Waals surface area contributed by atoms with Gasteiger partial charge in [0, 0.05) is 38.2 Å². The van der Waals surface area contributed by atoms with Gasteiger partial charge in [0.15, 0.2) is 0 Å². The average Bonchev–Trinajstić information content (AvgIpc) is 3.10. The summed E-state index contributed by atoms with van der Waals surface area (Å²) in [6, 6.07) is 5.41. The van der Waals surface area contributed by atoms with Crippen LogP contribution in [0.25, 0.3) is 0 Å². The third-order valence-corrected chi connectivity index (χ3v) is 7.70. The second kappa shape index (κ2) is 9.43. The number of rotatable bonds is 7. The number of nitrogens with one attached hydrogen (secondary N) is 1. The Balaban J connectivity index is 1.19. The van der Waals surface area contributed by atoms with E-state index < -0.39 is 6.04 Å². The monoisotopic (exact) mass is 455 g/mol. The number of hydrogen-bond acceptors (Lipinski definition) is 6. The molecule has 8 nitrogen and oxygen atoms in total. The van der Waals surface area contributed by atoms with Crippen LogP contribution in [-0.4, -0.2) is 72.5 Å². The molecule has 3 heterocycles. The van der Waals surface area contributed by atoms with Crippen LogP contribution in [0.15, 0.2) is 18.2 Å². The van der Waals surface area contributed by atoms with Crippen molar-refractivity contribution in [2.45, 2.75) is 69.7 Å². The zero-order chi connectivity index (χ0) is 22.9. The number of piperidine rings is 2. The lowest BCUT2D eigenvalue weighted by molar-refractivity contribution is -0.136. The van der Waals surface area contributed by atoms with Gasteiger partial charge in [-0.05, 0) is 68.3 Å². The van der Waals surface area contributed by atoms with Crippen molar-refractivity contribution in [2.75, 3.05) is 26.8 Å². The molecule has 1 aromatic rings. The van der Waals surface area contributed by atoms with Crippen LogP contribution in [-0.2, 0) is 20.9 Å². The van der Waals surface area contributed by atoms with E-state index in [1.54, 1.807) is 18.1 Å². The van der Waals surface area contributed by atoms with Crippen LogP contribution >= 0.6 is 0 Å². The summed E-state index contributed by atoms with van der Waals surface area (Å²) in [5, 5.41) is 2.35. The van der Waals surface area contributed by atoms with Gasteiger partial charge in [0.1, 0.15) is 18.4 Å². The van der Waals surface area contributed by atoms with Crippen molar-refractivity contribution in [2.24, 2.45) is 5.92 Å². The topological polar surface area (TPSA) is 88.2 Å². The number of imide groups is 1. The molecule has 8 heteroatoms. The van der Waals surface area contributed by atoms with Gasteiger partial charge in [-0.25, -0.2) is 0 Å². The molecule has 3 aliphatic heterocycles. The van der Waals surface area contributed by atoms with Gasteiger partial charge in [0.25, 0.3) is 5.91 Å². The van der Waals surface area contributed by atoms with Crippen molar-refractivity contribution in [1.82, 2.24) is 15.1 Å². The largest absolute Gasteiger partial charge is 0.492 e. The lowest BCUT2D eigenvalue weighted by Gasteiger charge is -2.42. The Hall–Kier alpha value is -2.45. The van der Waals surface area contributed by atoms with Crippen molar-refractivity contribution in [3.05, 3.63) is 29.3 Å². The summed E-state index contributed by atoms with van der Waals surface area (Å²) in [6.45, 7) is 3.26.